The van der Waals surface area contributed by atoms with Crippen molar-refractivity contribution in [2.45, 2.75) is 19.4 Å². The summed E-state index contributed by atoms with van der Waals surface area (Å²) in [6, 6.07) is 13.6. The zero-order chi connectivity index (χ0) is 17.8. The summed E-state index contributed by atoms with van der Waals surface area (Å²) < 4.78 is 10.7. The van der Waals surface area contributed by atoms with E-state index in [1.165, 1.54) is 4.90 Å². The molecule has 0 saturated carbocycles. The number of hydrogen-bond donors (Lipinski definition) is 1. The quantitative estimate of drug-likeness (QED) is 0.819. The van der Waals surface area contributed by atoms with E-state index >= 15 is 0 Å². The van der Waals surface area contributed by atoms with Crippen LogP contribution in [0.25, 0.3) is 0 Å². The topological polar surface area (TPSA) is 67.9 Å². The molecule has 1 saturated heterocycles. The van der Waals surface area contributed by atoms with Gasteiger partial charge in [-0.15, -0.1) is 0 Å². The Morgan fingerprint density at radius 3 is 2.52 bits per heavy atom. The van der Waals surface area contributed by atoms with Crippen molar-refractivity contribution >= 4 is 23.2 Å². The number of imide groups is 1. The molecule has 0 aliphatic carbocycles. The van der Waals surface area contributed by atoms with Crippen molar-refractivity contribution in [3.8, 4) is 11.5 Å². The van der Waals surface area contributed by atoms with Crippen molar-refractivity contribution in [3.63, 3.8) is 0 Å². The van der Waals surface area contributed by atoms with Gasteiger partial charge in [0.1, 0.15) is 17.5 Å². The zero-order valence-electron chi connectivity index (χ0n) is 14.2. The third kappa shape index (κ3) is 3.42. The van der Waals surface area contributed by atoms with Crippen molar-refractivity contribution in [3.05, 3.63) is 48.5 Å². The zero-order valence-corrected chi connectivity index (χ0v) is 14.2. The van der Waals surface area contributed by atoms with E-state index in [1.54, 1.807) is 37.4 Å². The molecule has 3 rings (SSSR count). The van der Waals surface area contributed by atoms with Gasteiger partial charge >= 0.3 is 0 Å². The van der Waals surface area contributed by atoms with E-state index in [9.17, 15) is 9.59 Å². The number of rotatable bonds is 6. The highest BCUT2D eigenvalue weighted by atomic mass is 16.5. The minimum atomic E-state index is -0.615. The normalized spacial score (nSPS) is 16.9. The van der Waals surface area contributed by atoms with Gasteiger partial charge in [0.05, 0.1) is 31.5 Å². The van der Waals surface area contributed by atoms with Crippen molar-refractivity contribution in [1.29, 1.82) is 0 Å². The van der Waals surface area contributed by atoms with Gasteiger partial charge in [-0.1, -0.05) is 12.1 Å². The first-order valence-electron chi connectivity index (χ1n) is 8.13. The molecule has 6 heteroatoms. The van der Waals surface area contributed by atoms with E-state index in [2.05, 4.69) is 5.32 Å². The van der Waals surface area contributed by atoms with E-state index < -0.39 is 6.04 Å². The number of nitrogens with zero attached hydrogens (tertiary/aromatic N) is 1. The first-order valence-corrected chi connectivity index (χ1v) is 8.13. The summed E-state index contributed by atoms with van der Waals surface area (Å²) in [5.41, 5.74) is 1.23. The first-order chi connectivity index (χ1) is 12.1. The molecule has 1 aliphatic heterocycles. The molecule has 0 radical (unpaired) electrons. The molecule has 0 spiro atoms. The van der Waals surface area contributed by atoms with E-state index in [0.29, 0.717) is 29.5 Å². The van der Waals surface area contributed by atoms with Crippen molar-refractivity contribution in [2.24, 2.45) is 0 Å². The average molecular weight is 340 g/mol. The van der Waals surface area contributed by atoms with Crippen LogP contribution in [0.3, 0.4) is 0 Å². The molecule has 0 unspecified atom stereocenters. The van der Waals surface area contributed by atoms with Crippen LogP contribution in [0.5, 0.6) is 11.5 Å². The standard InChI is InChI=1S/C19H20N2O4/c1-3-25-14-10-8-13(9-11-14)21-18(22)12-16(19(21)23)20-15-6-4-5-7-17(15)24-2/h4-11,16,20H,3,12H2,1-2H3/t16-/m0/s1. The van der Waals surface area contributed by atoms with Crippen LogP contribution in [-0.4, -0.2) is 31.6 Å². The molecule has 0 aromatic heterocycles. The van der Waals surface area contributed by atoms with Gasteiger partial charge < -0.3 is 14.8 Å². The van der Waals surface area contributed by atoms with Crippen LogP contribution in [-0.2, 0) is 9.59 Å². The highest BCUT2D eigenvalue weighted by Crippen LogP contribution is 2.29. The number of anilines is 2. The summed E-state index contributed by atoms with van der Waals surface area (Å²) in [6.45, 7) is 2.46. The molecule has 1 heterocycles. The van der Waals surface area contributed by atoms with E-state index in [4.69, 9.17) is 9.47 Å². The largest absolute Gasteiger partial charge is 0.495 e. The van der Waals surface area contributed by atoms with Gasteiger partial charge in [0, 0.05) is 0 Å². The molecule has 2 aromatic rings. The maximum atomic E-state index is 12.7. The Morgan fingerprint density at radius 1 is 1.12 bits per heavy atom. The number of carbonyl (C=O) groups excluding carboxylic acids is 2. The van der Waals surface area contributed by atoms with E-state index in [1.807, 2.05) is 25.1 Å². The number of nitrogens with one attached hydrogen (secondary N) is 1. The minimum absolute atomic E-state index is 0.101. The molecular weight excluding hydrogens is 320 g/mol. The van der Waals surface area contributed by atoms with Crippen molar-refractivity contribution in [2.75, 3.05) is 23.9 Å². The number of hydrogen-bond acceptors (Lipinski definition) is 5. The first kappa shape index (κ1) is 16.8. The summed E-state index contributed by atoms with van der Waals surface area (Å²) in [5.74, 6) is 0.818. The SMILES string of the molecule is CCOc1ccc(N2C(=O)C[C@H](Nc3ccccc3OC)C2=O)cc1. The van der Waals surface area contributed by atoms with Crippen molar-refractivity contribution < 1.29 is 19.1 Å². The van der Waals surface area contributed by atoms with Gasteiger partial charge in [-0.05, 0) is 43.3 Å². The summed E-state index contributed by atoms with van der Waals surface area (Å²) in [5, 5.41) is 3.11. The molecule has 130 valence electrons. The summed E-state index contributed by atoms with van der Waals surface area (Å²) in [6.07, 6.45) is 0.101. The van der Waals surface area contributed by atoms with Gasteiger partial charge in [0.15, 0.2) is 0 Å². The third-order valence-corrected chi connectivity index (χ3v) is 3.99. The lowest BCUT2D eigenvalue weighted by Gasteiger charge is -2.17. The fourth-order valence-corrected chi connectivity index (χ4v) is 2.83. The summed E-state index contributed by atoms with van der Waals surface area (Å²) in [7, 11) is 1.56. The van der Waals surface area contributed by atoms with Crippen LogP contribution < -0.4 is 19.7 Å². The molecule has 1 aliphatic rings. The third-order valence-electron chi connectivity index (χ3n) is 3.99. The van der Waals surface area contributed by atoms with Crippen LogP contribution in [0.1, 0.15) is 13.3 Å². The lowest BCUT2D eigenvalue weighted by Crippen LogP contribution is -2.34. The Kier molecular flexibility index (Phi) is 4.88. The fraction of sp³-hybridized carbons (Fsp3) is 0.263. The van der Waals surface area contributed by atoms with Crippen LogP contribution in [0.15, 0.2) is 48.5 Å². The van der Waals surface area contributed by atoms with Crippen LogP contribution >= 0.6 is 0 Å². The molecular formula is C19H20N2O4. The monoisotopic (exact) mass is 340 g/mol. The molecule has 1 atom stereocenters. The Balaban J connectivity index is 1.78. The predicted octanol–water partition coefficient (Wildman–Crippen LogP) is 2.84. The Hall–Kier alpha value is -3.02. The van der Waals surface area contributed by atoms with Gasteiger partial charge in [0.2, 0.25) is 5.91 Å². The van der Waals surface area contributed by atoms with Crippen molar-refractivity contribution in [1.82, 2.24) is 0 Å². The molecule has 2 aromatic carbocycles. The molecule has 2 amide bonds. The summed E-state index contributed by atoms with van der Waals surface area (Å²) >= 11 is 0. The minimum Gasteiger partial charge on any atom is -0.495 e. The fourth-order valence-electron chi connectivity index (χ4n) is 2.83. The Bertz CT molecular complexity index is 773. The molecule has 25 heavy (non-hydrogen) atoms. The maximum absolute atomic E-state index is 12.7. The smallest absolute Gasteiger partial charge is 0.256 e. The highest BCUT2D eigenvalue weighted by Gasteiger charge is 2.39. The molecule has 6 nitrogen and oxygen atoms in total. The van der Waals surface area contributed by atoms with Crippen LogP contribution in [0, 0.1) is 0 Å². The van der Waals surface area contributed by atoms with E-state index in [0.717, 1.165) is 0 Å². The Labute approximate surface area is 146 Å². The number of amides is 2. The van der Waals surface area contributed by atoms with E-state index in [-0.39, 0.29) is 18.2 Å². The van der Waals surface area contributed by atoms with Gasteiger partial charge in [-0.25, -0.2) is 4.90 Å². The number of carbonyl (C=O) groups is 2. The number of methoxy groups -OCH3 is 1. The summed E-state index contributed by atoms with van der Waals surface area (Å²) in [4.78, 5) is 26.3. The second kappa shape index (κ2) is 7.25. The second-order valence-electron chi connectivity index (χ2n) is 5.60. The van der Waals surface area contributed by atoms with Crippen LogP contribution in [0.4, 0.5) is 11.4 Å². The number of para-hydroxylation sites is 2. The molecule has 1 fully saturated rings. The molecule has 0 bridgehead atoms. The maximum Gasteiger partial charge on any atom is 0.256 e. The highest BCUT2D eigenvalue weighted by molar-refractivity contribution is 6.23. The van der Waals surface area contributed by atoms with Gasteiger partial charge in [-0.3, -0.25) is 9.59 Å². The van der Waals surface area contributed by atoms with Gasteiger partial charge in [0.25, 0.3) is 5.91 Å². The predicted molar refractivity (Wildman–Crippen MR) is 95.1 cm³/mol. The lowest BCUT2D eigenvalue weighted by molar-refractivity contribution is -0.121. The Morgan fingerprint density at radius 2 is 1.84 bits per heavy atom. The number of ether oxygens (including phenoxy) is 2. The average Bonchev–Trinajstić information content (AvgIpc) is 2.90. The second-order valence-corrected chi connectivity index (χ2v) is 5.60. The van der Waals surface area contributed by atoms with Crippen LogP contribution in [0.2, 0.25) is 0 Å². The van der Waals surface area contributed by atoms with Gasteiger partial charge in [-0.2, -0.15) is 0 Å². The molecule has 1 N–H and O–H groups in total. The number of benzene rings is 2. The lowest BCUT2D eigenvalue weighted by atomic mass is 10.2.